The Kier molecular flexibility index (Phi) is 5.19. The number of hydrogen-bond acceptors (Lipinski definition) is 5. The molecule has 3 aromatic heterocycles. The molecule has 1 unspecified atom stereocenters. The Hall–Kier alpha value is -3.55. The van der Waals surface area contributed by atoms with Crippen LogP contribution in [0.2, 0.25) is 0 Å². The molecule has 4 aromatic rings. The van der Waals surface area contributed by atoms with Gasteiger partial charge in [0.25, 0.3) is 0 Å². The average Bonchev–Trinajstić information content (AvgIpc) is 3.45. The van der Waals surface area contributed by atoms with Crippen molar-refractivity contribution in [3.8, 4) is 11.3 Å². The number of aryl methyl sites for hydroxylation is 1. The van der Waals surface area contributed by atoms with Crippen LogP contribution in [-0.2, 0) is 11.2 Å². The molecule has 0 aliphatic carbocycles. The molecule has 0 radical (unpaired) electrons. The zero-order valence-corrected chi connectivity index (χ0v) is 16.9. The minimum Gasteiger partial charge on any atom is -0.441 e. The van der Waals surface area contributed by atoms with E-state index in [1.165, 1.54) is 12.3 Å². The van der Waals surface area contributed by atoms with Gasteiger partial charge in [-0.05, 0) is 37.1 Å². The van der Waals surface area contributed by atoms with Gasteiger partial charge in [-0.1, -0.05) is 18.2 Å². The molecule has 31 heavy (non-hydrogen) atoms. The van der Waals surface area contributed by atoms with Crippen LogP contribution in [0.3, 0.4) is 0 Å². The highest BCUT2D eigenvalue weighted by Gasteiger charge is 2.28. The van der Waals surface area contributed by atoms with Crippen LogP contribution in [0.4, 0.5) is 4.39 Å². The minimum atomic E-state index is -0.360. The van der Waals surface area contributed by atoms with Crippen molar-refractivity contribution in [1.29, 1.82) is 0 Å². The molecule has 1 amide bonds. The van der Waals surface area contributed by atoms with Gasteiger partial charge in [0.15, 0.2) is 17.3 Å². The van der Waals surface area contributed by atoms with Gasteiger partial charge in [0.05, 0.1) is 11.8 Å². The first kappa shape index (κ1) is 19.4. The van der Waals surface area contributed by atoms with E-state index in [-0.39, 0.29) is 17.6 Å². The number of aromatic nitrogens is 4. The number of carbonyl (C=O) groups is 1. The number of nitrogens with zero attached hydrogens (tertiary/aromatic N) is 5. The maximum atomic E-state index is 13.9. The van der Waals surface area contributed by atoms with E-state index >= 15 is 0 Å². The van der Waals surface area contributed by atoms with Gasteiger partial charge in [-0.25, -0.2) is 9.37 Å². The second-order valence-corrected chi connectivity index (χ2v) is 7.76. The zero-order chi connectivity index (χ0) is 21.2. The molecule has 1 atom stereocenters. The molecule has 8 heteroatoms. The van der Waals surface area contributed by atoms with Crippen molar-refractivity contribution in [2.24, 2.45) is 0 Å². The van der Waals surface area contributed by atoms with Crippen molar-refractivity contribution in [3.05, 3.63) is 72.4 Å². The van der Waals surface area contributed by atoms with Gasteiger partial charge in [-0.15, -0.1) is 10.2 Å². The molecule has 7 nitrogen and oxygen atoms in total. The van der Waals surface area contributed by atoms with Crippen molar-refractivity contribution in [2.75, 3.05) is 13.1 Å². The summed E-state index contributed by atoms with van der Waals surface area (Å²) in [6, 6.07) is 12.2. The molecule has 1 aliphatic rings. The largest absolute Gasteiger partial charge is 0.441 e. The number of carbonyl (C=O) groups excluding carboxylic acids is 1. The smallest absolute Gasteiger partial charge is 0.223 e. The summed E-state index contributed by atoms with van der Waals surface area (Å²) in [5, 5.41) is 8.60. The average molecular weight is 419 g/mol. The lowest BCUT2D eigenvalue weighted by Crippen LogP contribution is -2.39. The van der Waals surface area contributed by atoms with Crippen LogP contribution in [0.1, 0.15) is 36.9 Å². The van der Waals surface area contributed by atoms with E-state index in [1.807, 2.05) is 33.7 Å². The van der Waals surface area contributed by atoms with E-state index in [4.69, 9.17) is 4.42 Å². The SMILES string of the molecule is O=C(CCc1ncc(-c2ccccc2F)o1)N1CCCC(c2nnc3ccccn23)C1. The Morgan fingerprint density at radius 2 is 2.03 bits per heavy atom. The standard InChI is InChI=1S/C23H22FN5O2/c24-18-8-2-1-7-17(18)19-14-25-21(31-19)10-11-22(30)28-12-5-6-16(15-28)23-27-26-20-9-3-4-13-29(20)23/h1-4,7-9,13-14,16H,5-6,10-12,15H2. The Labute approximate surface area is 178 Å². The second kappa shape index (κ2) is 8.29. The highest BCUT2D eigenvalue weighted by Crippen LogP contribution is 2.27. The van der Waals surface area contributed by atoms with Crippen molar-refractivity contribution in [1.82, 2.24) is 24.5 Å². The third kappa shape index (κ3) is 3.93. The van der Waals surface area contributed by atoms with Crippen LogP contribution in [0.25, 0.3) is 17.0 Å². The van der Waals surface area contributed by atoms with Crippen molar-refractivity contribution in [2.45, 2.75) is 31.6 Å². The Balaban J connectivity index is 1.22. The summed E-state index contributed by atoms with van der Waals surface area (Å²) in [5.41, 5.74) is 1.18. The Morgan fingerprint density at radius 1 is 1.16 bits per heavy atom. The molecule has 1 fully saturated rings. The third-order valence-electron chi connectivity index (χ3n) is 5.72. The summed E-state index contributed by atoms with van der Waals surface area (Å²) in [6.07, 6.45) is 6.04. The van der Waals surface area contributed by atoms with E-state index in [1.54, 1.807) is 18.2 Å². The summed E-state index contributed by atoms with van der Waals surface area (Å²) in [6.45, 7) is 1.36. The molecule has 0 spiro atoms. The number of hydrogen-bond donors (Lipinski definition) is 0. The normalized spacial score (nSPS) is 16.7. The highest BCUT2D eigenvalue weighted by atomic mass is 19.1. The number of piperidine rings is 1. The summed E-state index contributed by atoms with van der Waals surface area (Å²) < 4.78 is 21.6. The number of likely N-dealkylation sites (tertiary alicyclic amines) is 1. The Bertz CT molecular complexity index is 1220. The van der Waals surface area contributed by atoms with E-state index in [2.05, 4.69) is 15.2 Å². The summed E-state index contributed by atoms with van der Waals surface area (Å²) in [4.78, 5) is 18.9. The van der Waals surface area contributed by atoms with Crippen molar-refractivity contribution >= 4 is 11.6 Å². The summed E-state index contributed by atoms with van der Waals surface area (Å²) >= 11 is 0. The van der Waals surface area contributed by atoms with Gasteiger partial charge in [0, 0.05) is 38.0 Å². The van der Waals surface area contributed by atoms with Gasteiger partial charge < -0.3 is 9.32 Å². The van der Waals surface area contributed by atoms with Gasteiger partial charge in [-0.3, -0.25) is 9.20 Å². The zero-order valence-electron chi connectivity index (χ0n) is 16.9. The topological polar surface area (TPSA) is 76.5 Å². The van der Waals surface area contributed by atoms with Gasteiger partial charge in [0.1, 0.15) is 11.6 Å². The quantitative estimate of drug-likeness (QED) is 0.491. The van der Waals surface area contributed by atoms with Crippen LogP contribution in [0.15, 0.2) is 59.3 Å². The summed E-state index contributed by atoms with van der Waals surface area (Å²) in [7, 11) is 0. The first-order chi connectivity index (χ1) is 15.2. The lowest BCUT2D eigenvalue weighted by atomic mass is 9.97. The molecule has 5 rings (SSSR count). The number of pyridine rings is 1. The lowest BCUT2D eigenvalue weighted by molar-refractivity contribution is -0.132. The maximum Gasteiger partial charge on any atom is 0.223 e. The number of fused-ring (bicyclic) bond motifs is 1. The molecule has 0 bridgehead atoms. The fourth-order valence-electron chi connectivity index (χ4n) is 4.14. The highest BCUT2D eigenvalue weighted by molar-refractivity contribution is 5.76. The molecule has 1 aliphatic heterocycles. The van der Waals surface area contributed by atoms with Gasteiger partial charge in [-0.2, -0.15) is 0 Å². The number of halogens is 1. The molecular weight excluding hydrogens is 397 g/mol. The number of benzene rings is 1. The third-order valence-corrected chi connectivity index (χ3v) is 5.72. The molecule has 0 N–H and O–H groups in total. The first-order valence-electron chi connectivity index (χ1n) is 10.5. The van der Waals surface area contributed by atoms with Crippen LogP contribution < -0.4 is 0 Å². The number of rotatable bonds is 5. The van der Waals surface area contributed by atoms with E-state index in [9.17, 15) is 9.18 Å². The first-order valence-corrected chi connectivity index (χ1v) is 10.5. The minimum absolute atomic E-state index is 0.0594. The number of oxazole rings is 1. The second-order valence-electron chi connectivity index (χ2n) is 7.76. The van der Waals surface area contributed by atoms with Crippen molar-refractivity contribution in [3.63, 3.8) is 0 Å². The monoisotopic (exact) mass is 419 g/mol. The van der Waals surface area contributed by atoms with E-state index < -0.39 is 0 Å². The molecule has 4 heterocycles. The van der Waals surface area contributed by atoms with E-state index in [0.717, 1.165) is 30.9 Å². The predicted octanol–water partition coefficient (Wildman–Crippen LogP) is 3.86. The predicted molar refractivity (Wildman–Crippen MR) is 112 cm³/mol. The fourth-order valence-corrected chi connectivity index (χ4v) is 4.14. The van der Waals surface area contributed by atoms with Crippen molar-refractivity contribution < 1.29 is 13.6 Å². The molecule has 1 saturated heterocycles. The van der Waals surface area contributed by atoms with Gasteiger partial charge in [0.2, 0.25) is 5.91 Å². The molecule has 158 valence electrons. The van der Waals surface area contributed by atoms with Gasteiger partial charge >= 0.3 is 0 Å². The van der Waals surface area contributed by atoms with Crippen LogP contribution in [0, 0.1) is 5.82 Å². The van der Waals surface area contributed by atoms with Crippen LogP contribution in [-0.4, -0.2) is 43.5 Å². The van der Waals surface area contributed by atoms with Crippen LogP contribution >= 0.6 is 0 Å². The molecule has 0 saturated carbocycles. The number of amides is 1. The summed E-state index contributed by atoms with van der Waals surface area (Å²) in [5.74, 6) is 1.56. The molecular formula is C23H22FN5O2. The van der Waals surface area contributed by atoms with E-state index in [0.29, 0.717) is 36.6 Å². The fraction of sp³-hybridized carbons (Fsp3) is 0.304. The maximum absolute atomic E-state index is 13.9. The Morgan fingerprint density at radius 3 is 2.94 bits per heavy atom. The molecule has 1 aromatic carbocycles. The van der Waals surface area contributed by atoms with Crippen LogP contribution in [0.5, 0.6) is 0 Å². The lowest BCUT2D eigenvalue weighted by Gasteiger charge is -2.32.